The normalized spacial score (nSPS) is 18.0. The molecule has 0 radical (unpaired) electrons. The van der Waals surface area contributed by atoms with Crippen molar-refractivity contribution in [2.75, 3.05) is 0 Å². The summed E-state index contributed by atoms with van der Waals surface area (Å²) in [6.07, 6.45) is 0. The van der Waals surface area contributed by atoms with Crippen molar-refractivity contribution >= 4 is 17.8 Å². The molecule has 1 aliphatic heterocycles. The summed E-state index contributed by atoms with van der Waals surface area (Å²) in [5, 5.41) is 9.25. The molecule has 1 aliphatic rings. The molecule has 0 spiro atoms. The van der Waals surface area contributed by atoms with Crippen molar-refractivity contribution in [3.8, 4) is 0 Å². The molecule has 0 aliphatic carbocycles. The first kappa shape index (κ1) is 10.3. The number of amides is 4. The van der Waals surface area contributed by atoms with Gasteiger partial charge in [-0.2, -0.15) is 0 Å². The van der Waals surface area contributed by atoms with E-state index in [1.807, 2.05) is 0 Å². The van der Waals surface area contributed by atoms with Gasteiger partial charge in [-0.05, 0) is 0 Å². The largest absolute Gasteiger partial charge is 0.466 e. The number of hydrogen-bond acceptors (Lipinski definition) is 7. The molecule has 76 valence electrons. The molecule has 0 bridgehead atoms. The van der Waals surface area contributed by atoms with Gasteiger partial charge in [-0.3, -0.25) is 20.2 Å². The van der Waals surface area contributed by atoms with Crippen LogP contribution in [0.15, 0.2) is 10.2 Å². The van der Waals surface area contributed by atoms with Crippen LogP contribution in [0.2, 0.25) is 0 Å². The minimum absolute atomic E-state index is 1.04. The Labute approximate surface area is 80.7 Å². The maximum absolute atomic E-state index is 11.2. The van der Waals surface area contributed by atoms with E-state index in [0.29, 0.717) is 0 Å². The summed E-state index contributed by atoms with van der Waals surface area (Å²) in [4.78, 5) is 38.1. The van der Waals surface area contributed by atoms with Crippen molar-refractivity contribution < 1.29 is 14.4 Å². The number of rotatable bonds is 2. The van der Waals surface area contributed by atoms with E-state index in [1.165, 1.54) is 0 Å². The average molecular weight is 212 g/mol. The predicted molar refractivity (Wildman–Crippen MR) is 39.0 cm³/mol. The molecule has 0 aromatic heterocycles. The molecule has 1 fully saturated rings. The Morgan fingerprint density at radius 3 is 1.73 bits per heavy atom. The molecule has 0 unspecified atom stereocenters. The van der Waals surface area contributed by atoms with Crippen molar-refractivity contribution in [3.63, 3.8) is 0 Å². The molecular formula is C4H4N8O3+2. The maximum atomic E-state index is 11.2. The van der Waals surface area contributed by atoms with Crippen LogP contribution in [0.25, 0.3) is 0 Å². The van der Waals surface area contributed by atoms with Gasteiger partial charge in [-0.25, -0.2) is 4.79 Å². The van der Waals surface area contributed by atoms with Crippen LogP contribution in [0.4, 0.5) is 4.79 Å². The number of nitrogens with one attached hydrogen (secondary N) is 4. The second-order valence-electron chi connectivity index (χ2n) is 2.31. The van der Waals surface area contributed by atoms with Gasteiger partial charge in [0.1, 0.15) is 11.1 Å². The highest BCUT2D eigenvalue weighted by Gasteiger charge is 2.62. The monoisotopic (exact) mass is 212 g/mol. The SMILES string of the molecule is N=[N+]=NC1(N=[N+]=N)C(=O)NC(=O)NC1=O. The third-order valence-corrected chi connectivity index (χ3v) is 1.48. The Morgan fingerprint density at radius 2 is 1.40 bits per heavy atom. The number of carbonyl (C=O) groups excluding carboxylic acids is 3. The van der Waals surface area contributed by atoms with Crippen LogP contribution in [0.5, 0.6) is 0 Å². The molecule has 0 aromatic carbocycles. The number of carbonyl (C=O) groups is 3. The first-order valence-electron chi connectivity index (χ1n) is 3.41. The summed E-state index contributed by atoms with van der Waals surface area (Å²) in [7, 11) is 0. The highest BCUT2D eigenvalue weighted by atomic mass is 16.2. The predicted octanol–water partition coefficient (Wildman–Crippen LogP) is -1.85. The number of nitrogens with zero attached hydrogens (tertiary/aromatic N) is 4. The van der Waals surface area contributed by atoms with E-state index in [-0.39, 0.29) is 0 Å². The van der Waals surface area contributed by atoms with Crippen LogP contribution in [-0.2, 0) is 9.59 Å². The fourth-order valence-electron chi connectivity index (χ4n) is 0.861. The Hall–Kier alpha value is -2.77. The zero-order valence-corrected chi connectivity index (χ0v) is 7.01. The highest BCUT2D eigenvalue weighted by molar-refractivity contribution is 6.22. The van der Waals surface area contributed by atoms with E-state index in [4.69, 9.17) is 11.1 Å². The molecule has 4 amide bonds. The topological polar surface area (TPSA) is 176 Å². The Balaban J connectivity index is 3.32. The Kier molecular flexibility index (Phi) is 2.43. The van der Waals surface area contributed by atoms with Crippen molar-refractivity contribution in [3.05, 3.63) is 0 Å². The van der Waals surface area contributed by atoms with E-state index >= 15 is 0 Å². The maximum Gasteiger partial charge on any atom is 0.466 e. The first-order valence-corrected chi connectivity index (χ1v) is 3.41. The van der Waals surface area contributed by atoms with Gasteiger partial charge < -0.3 is 0 Å². The van der Waals surface area contributed by atoms with Crippen molar-refractivity contribution in [2.24, 2.45) is 10.2 Å². The van der Waals surface area contributed by atoms with Crippen LogP contribution in [0.1, 0.15) is 0 Å². The van der Waals surface area contributed by atoms with E-state index < -0.39 is 23.5 Å². The lowest BCUT2D eigenvalue weighted by molar-refractivity contribution is -0.138. The van der Waals surface area contributed by atoms with Crippen LogP contribution in [-0.4, -0.2) is 23.5 Å². The standard InChI is InChI=1S/C4H2N8O3/c5-11-9-4(10-12-6)1(13)7-3(15)8-2(4)14/h5-6H/p+2. The van der Waals surface area contributed by atoms with Gasteiger partial charge in [-0.15, -0.1) is 0 Å². The molecule has 4 N–H and O–H groups in total. The zero-order chi connectivity index (χ0) is 11.5. The van der Waals surface area contributed by atoms with Crippen molar-refractivity contribution in [2.45, 2.75) is 5.66 Å². The van der Waals surface area contributed by atoms with Gasteiger partial charge in [0.15, 0.2) is 10.2 Å². The van der Waals surface area contributed by atoms with Gasteiger partial charge in [-0.1, -0.05) is 0 Å². The van der Waals surface area contributed by atoms with E-state index in [0.717, 1.165) is 0 Å². The fourth-order valence-corrected chi connectivity index (χ4v) is 0.861. The number of imide groups is 2. The lowest BCUT2D eigenvalue weighted by Crippen LogP contribution is -2.65. The third kappa shape index (κ3) is 1.50. The minimum atomic E-state index is -2.50. The van der Waals surface area contributed by atoms with Gasteiger partial charge in [0.2, 0.25) is 9.82 Å². The van der Waals surface area contributed by atoms with Crippen molar-refractivity contribution in [1.29, 1.82) is 11.1 Å². The van der Waals surface area contributed by atoms with Gasteiger partial charge in [0.05, 0.1) is 0 Å². The molecule has 0 aromatic rings. The number of hydrogen-bond donors (Lipinski definition) is 4. The molecule has 1 saturated heterocycles. The highest BCUT2D eigenvalue weighted by Crippen LogP contribution is 2.14. The lowest BCUT2D eigenvalue weighted by Gasteiger charge is -2.16. The zero-order valence-electron chi connectivity index (χ0n) is 7.01. The van der Waals surface area contributed by atoms with Crippen molar-refractivity contribution in [1.82, 2.24) is 20.5 Å². The molecule has 0 atom stereocenters. The molecule has 0 saturated carbocycles. The molecule has 11 nitrogen and oxygen atoms in total. The van der Waals surface area contributed by atoms with Crippen LogP contribution >= 0.6 is 0 Å². The number of barbiturate groups is 1. The summed E-state index contributed by atoms with van der Waals surface area (Å²) in [5.74, 6) is -2.44. The average Bonchev–Trinajstić information content (AvgIpc) is 2.14. The second-order valence-corrected chi connectivity index (χ2v) is 2.31. The van der Waals surface area contributed by atoms with Gasteiger partial charge in [0, 0.05) is 0 Å². The summed E-state index contributed by atoms with van der Waals surface area (Å²) in [6, 6.07) is -1.04. The summed E-state index contributed by atoms with van der Waals surface area (Å²) in [5.41, 5.74) is 10.3. The quantitative estimate of drug-likeness (QED) is 0.239. The van der Waals surface area contributed by atoms with E-state index in [9.17, 15) is 14.4 Å². The fraction of sp³-hybridized carbons (Fsp3) is 0.250. The van der Waals surface area contributed by atoms with Gasteiger partial charge >= 0.3 is 23.5 Å². The summed E-state index contributed by atoms with van der Waals surface area (Å²) < 4.78 is 0. The number of urea groups is 1. The molecule has 11 heteroatoms. The van der Waals surface area contributed by atoms with Gasteiger partial charge in [0.25, 0.3) is 0 Å². The molecular weight excluding hydrogens is 208 g/mol. The summed E-state index contributed by atoms with van der Waals surface area (Å²) in [6.45, 7) is 0. The Bertz CT molecular complexity index is 401. The molecule has 1 rings (SSSR count). The van der Waals surface area contributed by atoms with E-state index in [2.05, 4.69) is 20.1 Å². The molecule has 1 heterocycles. The van der Waals surface area contributed by atoms with Crippen LogP contribution < -0.4 is 20.5 Å². The lowest BCUT2D eigenvalue weighted by atomic mass is 10.1. The second kappa shape index (κ2) is 3.54. The first-order chi connectivity index (χ1) is 7.06. The van der Waals surface area contributed by atoms with Crippen LogP contribution in [0, 0.1) is 11.1 Å². The molecule has 15 heavy (non-hydrogen) atoms. The third-order valence-electron chi connectivity index (χ3n) is 1.48. The Morgan fingerprint density at radius 1 is 1.00 bits per heavy atom. The minimum Gasteiger partial charge on any atom is -0.273 e. The summed E-state index contributed by atoms with van der Waals surface area (Å²) >= 11 is 0. The van der Waals surface area contributed by atoms with Crippen LogP contribution in [0.3, 0.4) is 0 Å². The smallest absolute Gasteiger partial charge is 0.273 e. The van der Waals surface area contributed by atoms with E-state index in [1.54, 1.807) is 10.6 Å².